The molecule has 1 heterocycles. The smallest absolute Gasteiger partial charge is 0.270 e. The number of para-hydroxylation sites is 1. The molecule has 0 aliphatic carbocycles. The van der Waals surface area contributed by atoms with Crippen LogP contribution in [-0.4, -0.2) is 16.8 Å². The van der Waals surface area contributed by atoms with E-state index < -0.39 is 0 Å². The van der Waals surface area contributed by atoms with Gasteiger partial charge in [0, 0.05) is 5.02 Å². The standard InChI is InChI=1S/C26H21BrClNO3S2/c1-3-31-22-13-18(12-20(27)24(22)32-15-17-8-10-19(28)11-9-17)14-23-25(30)29(26(33)34-23)21-7-5-4-6-16(21)2/h4-14H,3,15H2,1-2H3/b23-14+. The number of benzene rings is 3. The van der Waals surface area contributed by atoms with Gasteiger partial charge in [-0.25, -0.2) is 0 Å². The molecule has 0 bridgehead atoms. The molecule has 0 saturated carbocycles. The highest BCUT2D eigenvalue weighted by Gasteiger charge is 2.34. The number of halogens is 2. The molecule has 4 rings (SSSR count). The van der Waals surface area contributed by atoms with Crippen molar-refractivity contribution >= 4 is 73.5 Å². The zero-order chi connectivity index (χ0) is 24.2. The van der Waals surface area contributed by atoms with Crippen LogP contribution < -0.4 is 14.4 Å². The van der Waals surface area contributed by atoms with E-state index in [2.05, 4.69) is 15.9 Å². The van der Waals surface area contributed by atoms with E-state index in [1.165, 1.54) is 11.8 Å². The fraction of sp³-hybridized carbons (Fsp3) is 0.154. The first-order valence-corrected chi connectivity index (χ1v) is 12.9. The van der Waals surface area contributed by atoms with Crippen LogP contribution in [0.4, 0.5) is 5.69 Å². The van der Waals surface area contributed by atoms with Crippen molar-refractivity contribution in [2.45, 2.75) is 20.5 Å². The second-order valence-corrected chi connectivity index (χ2v) is 10.4. The number of thiocarbonyl (C=S) groups is 1. The molecule has 0 atom stereocenters. The number of nitrogens with zero attached hydrogens (tertiary/aromatic N) is 1. The number of ether oxygens (including phenoxy) is 2. The summed E-state index contributed by atoms with van der Waals surface area (Å²) in [6, 6.07) is 19.0. The van der Waals surface area contributed by atoms with E-state index in [1.807, 2.05) is 80.6 Å². The van der Waals surface area contributed by atoms with E-state index >= 15 is 0 Å². The summed E-state index contributed by atoms with van der Waals surface area (Å²) in [7, 11) is 0. The molecule has 0 aromatic heterocycles. The van der Waals surface area contributed by atoms with Crippen molar-refractivity contribution in [2.24, 2.45) is 0 Å². The van der Waals surface area contributed by atoms with Gasteiger partial charge < -0.3 is 9.47 Å². The average Bonchev–Trinajstić information content (AvgIpc) is 3.07. The average molecular weight is 575 g/mol. The van der Waals surface area contributed by atoms with E-state index in [0.29, 0.717) is 39.0 Å². The van der Waals surface area contributed by atoms with Crippen molar-refractivity contribution < 1.29 is 14.3 Å². The van der Waals surface area contributed by atoms with Crippen molar-refractivity contribution in [1.29, 1.82) is 0 Å². The minimum Gasteiger partial charge on any atom is -0.490 e. The minimum absolute atomic E-state index is 0.138. The van der Waals surface area contributed by atoms with Crippen molar-refractivity contribution in [1.82, 2.24) is 0 Å². The molecule has 34 heavy (non-hydrogen) atoms. The number of carbonyl (C=O) groups excluding carboxylic acids is 1. The van der Waals surface area contributed by atoms with Gasteiger partial charge in [0.1, 0.15) is 6.61 Å². The normalized spacial score (nSPS) is 14.7. The molecule has 0 unspecified atom stereocenters. The maximum atomic E-state index is 13.2. The fourth-order valence-corrected chi connectivity index (χ4v) is 5.44. The molecule has 0 spiro atoms. The van der Waals surface area contributed by atoms with E-state index in [4.69, 9.17) is 33.3 Å². The Balaban J connectivity index is 1.60. The largest absolute Gasteiger partial charge is 0.490 e. The minimum atomic E-state index is -0.138. The molecule has 174 valence electrons. The second-order valence-electron chi connectivity index (χ2n) is 7.48. The number of carbonyl (C=O) groups is 1. The summed E-state index contributed by atoms with van der Waals surface area (Å²) in [5.74, 6) is 1.05. The van der Waals surface area contributed by atoms with Gasteiger partial charge in [-0.05, 0) is 82.9 Å². The number of hydrogen-bond donors (Lipinski definition) is 0. The van der Waals surface area contributed by atoms with Gasteiger partial charge in [-0.3, -0.25) is 9.69 Å². The Morgan fingerprint density at radius 2 is 1.85 bits per heavy atom. The van der Waals surface area contributed by atoms with Crippen molar-refractivity contribution in [2.75, 3.05) is 11.5 Å². The second kappa shape index (κ2) is 11.0. The number of rotatable bonds is 7. The Bertz CT molecular complexity index is 1280. The highest BCUT2D eigenvalue weighted by atomic mass is 79.9. The van der Waals surface area contributed by atoms with Crippen LogP contribution in [0.1, 0.15) is 23.6 Å². The first kappa shape index (κ1) is 24.8. The monoisotopic (exact) mass is 573 g/mol. The molecule has 3 aromatic carbocycles. The van der Waals surface area contributed by atoms with E-state index in [0.717, 1.165) is 26.9 Å². The molecule has 4 nitrogen and oxygen atoms in total. The number of anilines is 1. The molecule has 8 heteroatoms. The van der Waals surface area contributed by atoms with E-state index in [1.54, 1.807) is 4.90 Å². The summed E-state index contributed by atoms with van der Waals surface area (Å²) >= 11 is 16.4. The van der Waals surface area contributed by atoms with Gasteiger partial charge in [0.25, 0.3) is 5.91 Å². The van der Waals surface area contributed by atoms with Crippen LogP contribution in [0.15, 0.2) is 70.0 Å². The Morgan fingerprint density at radius 3 is 2.56 bits per heavy atom. The first-order valence-electron chi connectivity index (χ1n) is 10.5. The lowest BCUT2D eigenvalue weighted by molar-refractivity contribution is -0.113. The zero-order valence-electron chi connectivity index (χ0n) is 18.5. The molecule has 3 aromatic rings. The van der Waals surface area contributed by atoms with Crippen molar-refractivity contribution in [3.8, 4) is 11.5 Å². The predicted octanol–water partition coefficient (Wildman–Crippen LogP) is 7.79. The Labute approximate surface area is 222 Å². The predicted molar refractivity (Wildman–Crippen MR) is 148 cm³/mol. The lowest BCUT2D eigenvalue weighted by atomic mass is 10.1. The van der Waals surface area contributed by atoms with Crippen LogP contribution >= 0.6 is 51.5 Å². The van der Waals surface area contributed by atoms with E-state index in [9.17, 15) is 4.79 Å². The fourth-order valence-electron chi connectivity index (χ4n) is 3.45. The lowest BCUT2D eigenvalue weighted by Gasteiger charge is -2.17. The van der Waals surface area contributed by atoms with Gasteiger partial charge in [0.05, 0.1) is 21.7 Å². The number of aryl methyl sites for hydroxylation is 1. The van der Waals surface area contributed by atoms with Crippen LogP contribution in [0.2, 0.25) is 5.02 Å². The van der Waals surface area contributed by atoms with Gasteiger partial charge >= 0.3 is 0 Å². The molecule has 1 fully saturated rings. The van der Waals surface area contributed by atoms with Crippen LogP contribution in [0.25, 0.3) is 6.08 Å². The lowest BCUT2D eigenvalue weighted by Crippen LogP contribution is -2.28. The third-order valence-corrected chi connectivity index (χ3v) is 7.22. The van der Waals surface area contributed by atoms with Gasteiger partial charge in [-0.1, -0.05) is 65.9 Å². The van der Waals surface area contributed by atoms with Gasteiger partial charge in [0.15, 0.2) is 15.8 Å². The quantitative estimate of drug-likeness (QED) is 0.213. The maximum Gasteiger partial charge on any atom is 0.270 e. The molecule has 1 amide bonds. The Kier molecular flexibility index (Phi) is 7.99. The third kappa shape index (κ3) is 5.49. The van der Waals surface area contributed by atoms with Crippen molar-refractivity contribution in [3.05, 3.63) is 91.8 Å². The Morgan fingerprint density at radius 1 is 1.12 bits per heavy atom. The molecule has 1 aliphatic rings. The highest BCUT2D eigenvalue weighted by Crippen LogP contribution is 2.41. The molecular formula is C26H21BrClNO3S2. The molecule has 0 radical (unpaired) electrons. The summed E-state index contributed by atoms with van der Waals surface area (Å²) in [5.41, 5.74) is 3.58. The van der Waals surface area contributed by atoms with Crippen LogP contribution in [-0.2, 0) is 11.4 Å². The molecule has 0 N–H and O–H groups in total. The molecular weight excluding hydrogens is 554 g/mol. The topological polar surface area (TPSA) is 38.8 Å². The first-order chi connectivity index (χ1) is 16.4. The summed E-state index contributed by atoms with van der Waals surface area (Å²) in [6.45, 7) is 4.72. The summed E-state index contributed by atoms with van der Waals surface area (Å²) in [4.78, 5) is 15.3. The van der Waals surface area contributed by atoms with Crippen LogP contribution in [0.3, 0.4) is 0 Å². The summed E-state index contributed by atoms with van der Waals surface area (Å²) in [6.07, 6.45) is 1.83. The summed E-state index contributed by atoms with van der Waals surface area (Å²) in [5, 5.41) is 0.678. The maximum absolute atomic E-state index is 13.2. The van der Waals surface area contributed by atoms with Crippen molar-refractivity contribution in [3.63, 3.8) is 0 Å². The third-order valence-electron chi connectivity index (χ3n) is 5.08. The number of thioether (sulfide) groups is 1. The highest BCUT2D eigenvalue weighted by molar-refractivity contribution is 9.10. The van der Waals surface area contributed by atoms with E-state index in [-0.39, 0.29) is 5.91 Å². The zero-order valence-corrected chi connectivity index (χ0v) is 22.5. The molecule has 1 saturated heterocycles. The van der Waals surface area contributed by atoms with Gasteiger partial charge in [-0.2, -0.15) is 0 Å². The van der Waals surface area contributed by atoms with Gasteiger partial charge in [-0.15, -0.1) is 0 Å². The number of hydrogen-bond acceptors (Lipinski definition) is 5. The van der Waals surface area contributed by atoms with Crippen LogP contribution in [0, 0.1) is 6.92 Å². The summed E-state index contributed by atoms with van der Waals surface area (Å²) < 4.78 is 13.2. The van der Waals surface area contributed by atoms with Gasteiger partial charge in [0.2, 0.25) is 0 Å². The van der Waals surface area contributed by atoms with Crippen LogP contribution in [0.5, 0.6) is 11.5 Å². The Hall–Kier alpha value is -2.32. The number of amides is 1. The SMILES string of the molecule is CCOc1cc(/C=C2/SC(=S)N(c3ccccc3C)C2=O)cc(Br)c1OCc1ccc(Cl)cc1. The molecule has 1 aliphatic heterocycles.